The maximum Gasteiger partial charge on any atom is 0.407 e. The molecule has 10 heteroatoms. The van der Waals surface area contributed by atoms with Gasteiger partial charge in [-0.05, 0) is 42.3 Å². The summed E-state index contributed by atoms with van der Waals surface area (Å²) in [5.74, 6) is 0.246. The second-order valence-electron chi connectivity index (χ2n) is 7.70. The van der Waals surface area contributed by atoms with Crippen molar-refractivity contribution in [2.45, 2.75) is 25.5 Å². The number of aromatic nitrogens is 1. The largest absolute Gasteiger partial charge is 0.490 e. The summed E-state index contributed by atoms with van der Waals surface area (Å²) in [7, 11) is 0. The number of rotatable bonds is 1. The van der Waals surface area contributed by atoms with E-state index in [0.29, 0.717) is 18.8 Å². The van der Waals surface area contributed by atoms with Crippen molar-refractivity contribution in [1.82, 2.24) is 15.6 Å². The number of nitrogens with zero attached hydrogens (tertiary/aromatic N) is 2. The number of fused-ring (bicyclic) bond motifs is 4. The van der Waals surface area contributed by atoms with Crippen LogP contribution in [0.25, 0.3) is 0 Å². The van der Waals surface area contributed by atoms with Crippen LogP contribution in [-0.4, -0.2) is 54.7 Å². The second-order valence-corrected chi connectivity index (χ2v) is 8.09. The third kappa shape index (κ3) is 5.61. The predicted molar refractivity (Wildman–Crippen MR) is 122 cm³/mol. The molecule has 2 atom stereocenters. The lowest BCUT2D eigenvalue weighted by atomic mass is 10.0. The summed E-state index contributed by atoms with van der Waals surface area (Å²) in [6.45, 7) is 2.23. The van der Waals surface area contributed by atoms with E-state index in [1.54, 1.807) is 12.2 Å². The van der Waals surface area contributed by atoms with Crippen molar-refractivity contribution >= 4 is 35.3 Å². The Balaban J connectivity index is 1.72. The van der Waals surface area contributed by atoms with Gasteiger partial charge in [0.15, 0.2) is 0 Å². The highest BCUT2D eigenvalue weighted by atomic mass is 35.5. The molecule has 9 nitrogen and oxygen atoms in total. The first-order chi connectivity index (χ1) is 15.9. The van der Waals surface area contributed by atoms with E-state index in [2.05, 4.69) is 15.6 Å². The van der Waals surface area contributed by atoms with Gasteiger partial charge in [-0.2, -0.15) is 0 Å². The maximum atomic E-state index is 13.2. The van der Waals surface area contributed by atoms with E-state index in [-0.39, 0.29) is 35.5 Å². The number of benzene rings is 1. The van der Waals surface area contributed by atoms with Gasteiger partial charge in [-0.1, -0.05) is 29.8 Å². The van der Waals surface area contributed by atoms with Crippen LogP contribution in [0, 0.1) is 0 Å². The van der Waals surface area contributed by atoms with Gasteiger partial charge in [0.25, 0.3) is 5.91 Å². The summed E-state index contributed by atoms with van der Waals surface area (Å²) in [5, 5.41) is 5.65. The van der Waals surface area contributed by atoms with Gasteiger partial charge in [0.05, 0.1) is 12.6 Å². The molecule has 4 rings (SSSR count). The molecule has 2 aliphatic rings. The molecule has 33 heavy (non-hydrogen) atoms. The summed E-state index contributed by atoms with van der Waals surface area (Å²) in [5.41, 5.74) is 1.15. The fraction of sp³-hybridized carbons (Fsp3) is 0.304. The average molecular weight is 471 g/mol. The molecule has 1 aromatic heterocycles. The molecule has 4 bridgehead atoms. The van der Waals surface area contributed by atoms with Crippen molar-refractivity contribution in [3.05, 3.63) is 64.8 Å². The minimum atomic E-state index is -0.557. The Labute approximate surface area is 195 Å². The number of carbonyl (C=O) groups excluding carboxylic acids is 3. The first-order valence-corrected chi connectivity index (χ1v) is 10.8. The lowest BCUT2D eigenvalue weighted by Gasteiger charge is -2.24. The van der Waals surface area contributed by atoms with Gasteiger partial charge in [0.1, 0.15) is 29.4 Å². The van der Waals surface area contributed by atoms with Gasteiger partial charge in [0, 0.05) is 19.0 Å². The SMILES string of the molecule is CC(=O)N1C/C=C\COc2cccc(c2)C[C@@H]([C@H]2CNC(=O)O2)NC(=O)c2cc(Cl)nc1c2. The summed E-state index contributed by atoms with van der Waals surface area (Å²) in [6, 6.07) is 9.93. The molecule has 3 amide bonds. The number of hydrogen-bond donors (Lipinski definition) is 2. The van der Waals surface area contributed by atoms with E-state index in [9.17, 15) is 14.4 Å². The highest BCUT2D eigenvalue weighted by molar-refractivity contribution is 6.30. The monoisotopic (exact) mass is 470 g/mol. The molecule has 2 N–H and O–H groups in total. The standard InChI is InChI=1S/C23H23ClN4O5/c1-14(29)28-7-2-3-8-32-17-6-4-5-15(9-17)10-18(19-13-25-23(31)33-19)26-22(30)16-11-20(24)27-21(28)12-16/h2-6,9,11-12,18-19H,7-8,10,13H2,1H3,(H,25,31)(H,26,30)/b3-2-/t18-,19+/m0/s1. The number of cyclic esters (lactones) is 1. The van der Waals surface area contributed by atoms with Crippen LogP contribution in [0.15, 0.2) is 48.6 Å². The Morgan fingerprint density at radius 3 is 2.82 bits per heavy atom. The first kappa shape index (κ1) is 22.6. The molecule has 2 aromatic rings. The summed E-state index contributed by atoms with van der Waals surface area (Å²) < 4.78 is 11.1. The maximum absolute atomic E-state index is 13.2. The van der Waals surface area contributed by atoms with Crippen LogP contribution in [0.4, 0.5) is 10.6 Å². The Morgan fingerprint density at radius 1 is 1.21 bits per heavy atom. The van der Waals surface area contributed by atoms with E-state index in [0.717, 1.165) is 5.56 Å². The third-order valence-electron chi connectivity index (χ3n) is 5.33. The Morgan fingerprint density at radius 2 is 2.06 bits per heavy atom. The van der Waals surface area contributed by atoms with E-state index in [4.69, 9.17) is 21.1 Å². The molecule has 0 unspecified atom stereocenters. The molecule has 3 heterocycles. The number of halogens is 1. The van der Waals surface area contributed by atoms with Gasteiger partial charge in [0.2, 0.25) is 5.91 Å². The van der Waals surface area contributed by atoms with Gasteiger partial charge < -0.3 is 20.1 Å². The molecule has 1 saturated heterocycles. The zero-order chi connectivity index (χ0) is 23.4. The number of anilines is 1. The van der Waals surface area contributed by atoms with E-state index in [1.807, 2.05) is 24.3 Å². The fourth-order valence-corrected chi connectivity index (χ4v) is 3.90. The lowest BCUT2D eigenvalue weighted by Crippen LogP contribution is -2.46. The lowest BCUT2D eigenvalue weighted by molar-refractivity contribution is -0.116. The Kier molecular flexibility index (Phi) is 6.79. The van der Waals surface area contributed by atoms with Crippen molar-refractivity contribution in [2.75, 3.05) is 24.6 Å². The quantitative estimate of drug-likeness (QED) is 0.489. The van der Waals surface area contributed by atoms with Crippen LogP contribution in [0.3, 0.4) is 0 Å². The summed E-state index contributed by atoms with van der Waals surface area (Å²) >= 11 is 6.18. The van der Waals surface area contributed by atoms with Crippen molar-refractivity contribution in [3.63, 3.8) is 0 Å². The first-order valence-electron chi connectivity index (χ1n) is 10.5. The Bertz CT molecular complexity index is 1110. The molecular weight excluding hydrogens is 448 g/mol. The number of nitrogens with one attached hydrogen (secondary N) is 2. The number of alkyl carbamates (subject to hydrolysis) is 1. The van der Waals surface area contributed by atoms with Crippen molar-refractivity contribution in [3.8, 4) is 5.75 Å². The highest BCUT2D eigenvalue weighted by Crippen LogP contribution is 2.21. The zero-order valence-electron chi connectivity index (χ0n) is 17.9. The summed E-state index contributed by atoms with van der Waals surface area (Å²) in [6.07, 6.45) is 2.91. The number of ether oxygens (including phenoxy) is 2. The van der Waals surface area contributed by atoms with Gasteiger partial charge in [-0.15, -0.1) is 0 Å². The van der Waals surface area contributed by atoms with Crippen LogP contribution < -0.4 is 20.3 Å². The van der Waals surface area contributed by atoms with Gasteiger partial charge in [-0.3, -0.25) is 14.5 Å². The third-order valence-corrected chi connectivity index (χ3v) is 5.52. The summed E-state index contributed by atoms with van der Waals surface area (Å²) in [4.78, 5) is 42.7. The van der Waals surface area contributed by atoms with Gasteiger partial charge in [-0.25, -0.2) is 9.78 Å². The Hall–Kier alpha value is -3.59. The zero-order valence-corrected chi connectivity index (χ0v) is 18.7. The minimum Gasteiger partial charge on any atom is -0.490 e. The number of carbonyl (C=O) groups is 3. The molecule has 1 fully saturated rings. The second kappa shape index (κ2) is 9.91. The minimum absolute atomic E-state index is 0.0792. The van der Waals surface area contributed by atoms with E-state index >= 15 is 0 Å². The predicted octanol–water partition coefficient (Wildman–Crippen LogP) is 2.49. The molecular formula is C23H23ClN4O5. The fourth-order valence-electron chi connectivity index (χ4n) is 3.70. The van der Waals surface area contributed by atoms with Crippen LogP contribution in [-0.2, 0) is 16.0 Å². The molecule has 1 aromatic carbocycles. The number of hydrogen-bond acceptors (Lipinski definition) is 6. The van der Waals surface area contributed by atoms with Gasteiger partial charge >= 0.3 is 6.09 Å². The number of pyridine rings is 1. The van der Waals surface area contributed by atoms with Crippen LogP contribution in [0.2, 0.25) is 5.15 Å². The molecule has 2 aliphatic heterocycles. The normalized spacial score (nSPS) is 21.9. The van der Waals surface area contributed by atoms with Crippen LogP contribution in [0.5, 0.6) is 5.75 Å². The average Bonchev–Trinajstić information content (AvgIpc) is 3.21. The smallest absolute Gasteiger partial charge is 0.407 e. The molecule has 0 radical (unpaired) electrons. The molecule has 0 spiro atoms. The molecule has 172 valence electrons. The number of amides is 3. The highest BCUT2D eigenvalue weighted by Gasteiger charge is 2.32. The van der Waals surface area contributed by atoms with Crippen molar-refractivity contribution in [1.29, 1.82) is 0 Å². The van der Waals surface area contributed by atoms with Crippen LogP contribution in [0.1, 0.15) is 22.8 Å². The van der Waals surface area contributed by atoms with E-state index < -0.39 is 24.1 Å². The van der Waals surface area contributed by atoms with Crippen molar-refractivity contribution < 1.29 is 23.9 Å². The van der Waals surface area contributed by atoms with E-state index in [1.165, 1.54) is 24.0 Å². The molecule has 0 aliphatic carbocycles. The molecule has 0 saturated carbocycles. The topological polar surface area (TPSA) is 110 Å². The van der Waals surface area contributed by atoms with Crippen molar-refractivity contribution in [2.24, 2.45) is 0 Å². The van der Waals surface area contributed by atoms with Crippen LogP contribution >= 0.6 is 11.6 Å².